The zero-order valence-electron chi connectivity index (χ0n) is 19.0. The molecule has 1 fully saturated rings. The van der Waals surface area contributed by atoms with Crippen LogP contribution in [-0.2, 0) is 11.3 Å². The van der Waals surface area contributed by atoms with Crippen molar-refractivity contribution in [1.82, 2.24) is 9.80 Å². The van der Waals surface area contributed by atoms with Crippen LogP contribution in [0.3, 0.4) is 0 Å². The van der Waals surface area contributed by atoms with E-state index in [4.69, 9.17) is 14.2 Å². The van der Waals surface area contributed by atoms with Crippen LogP contribution in [0.15, 0.2) is 48.5 Å². The third-order valence-corrected chi connectivity index (χ3v) is 5.39. The average Bonchev–Trinajstić information content (AvgIpc) is 2.78. The first-order chi connectivity index (χ1) is 15.0. The van der Waals surface area contributed by atoms with Gasteiger partial charge in [-0.05, 0) is 35.7 Å². The van der Waals surface area contributed by atoms with Crippen molar-refractivity contribution < 1.29 is 19.0 Å². The van der Waals surface area contributed by atoms with E-state index in [9.17, 15) is 4.79 Å². The molecule has 1 atom stereocenters. The maximum absolute atomic E-state index is 13.1. The summed E-state index contributed by atoms with van der Waals surface area (Å²) in [6.45, 7) is 8.68. The number of ether oxygens (including phenoxy) is 3. The van der Waals surface area contributed by atoms with E-state index < -0.39 is 0 Å². The minimum Gasteiger partial charge on any atom is -0.493 e. The van der Waals surface area contributed by atoms with E-state index in [1.54, 1.807) is 14.2 Å². The highest BCUT2D eigenvalue weighted by atomic mass is 16.5. The lowest BCUT2D eigenvalue weighted by Crippen LogP contribution is -2.49. The summed E-state index contributed by atoms with van der Waals surface area (Å²) < 4.78 is 16.8. The Bertz CT molecular complexity index is 841. The minimum atomic E-state index is -0.0136. The monoisotopic (exact) mass is 426 g/mol. The molecule has 3 rings (SSSR count). The zero-order valence-corrected chi connectivity index (χ0v) is 19.0. The molecule has 6 nitrogen and oxygen atoms in total. The third kappa shape index (κ3) is 6.45. The van der Waals surface area contributed by atoms with Crippen molar-refractivity contribution in [2.24, 2.45) is 5.92 Å². The molecule has 2 aromatic carbocycles. The van der Waals surface area contributed by atoms with Gasteiger partial charge < -0.3 is 19.1 Å². The molecule has 0 aromatic heterocycles. The summed E-state index contributed by atoms with van der Waals surface area (Å²) in [5, 5.41) is 0. The highest BCUT2D eigenvalue weighted by Crippen LogP contribution is 2.28. The van der Waals surface area contributed by atoms with Gasteiger partial charge in [-0.1, -0.05) is 38.1 Å². The number of carbonyl (C=O) groups is 1. The molecule has 6 heteroatoms. The SMILES string of the molecule is COc1ccc(CN2CCOC(CN(CC(C)C)C(=O)c3ccccc3)C2)cc1OC. The second-order valence-electron chi connectivity index (χ2n) is 8.39. The van der Waals surface area contributed by atoms with Crippen molar-refractivity contribution in [3.63, 3.8) is 0 Å². The van der Waals surface area contributed by atoms with Gasteiger partial charge in [0.05, 0.1) is 26.9 Å². The summed E-state index contributed by atoms with van der Waals surface area (Å²) in [5.74, 6) is 1.92. The highest BCUT2D eigenvalue weighted by Gasteiger charge is 2.26. The summed E-state index contributed by atoms with van der Waals surface area (Å²) in [6.07, 6.45) is -0.0136. The predicted octanol–water partition coefficient (Wildman–Crippen LogP) is 3.70. The lowest BCUT2D eigenvalue weighted by molar-refractivity contribution is -0.0438. The molecular weight excluding hydrogens is 392 g/mol. The Morgan fingerprint density at radius 3 is 2.55 bits per heavy atom. The number of amides is 1. The number of nitrogens with zero attached hydrogens (tertiary/aromatic N) is 2. The molecule has 1 aliphatic rings. The molecule has 1 unspecified atom stereocenters. The van der Waals surface area contributed by atoms with Crippen LogP contribution in [0.5, 0.6) is 11.5 Å². The van der Waals surface area contributed by atoms with Crippen LogP contribution in [0.25, 0.3) is 0 Å². The van der Waals surface area contributed by atoms with Crippen molar-refractivity contribution in [3.05, 3.63) is 59.7 Å². The Morgan fingerprint density at radius 2 is 1.87 bits per heavy atom. The van der Waals surface area contributed by atoms with Crippen LogP contribution >= 0.6 is 0 Å². The van der Waals surface area contributed by atoms with Gasteiger partial charge in [-0.2, -0.15) is 0 Å². The van der Waals surface area contributed by atoms with Crippen molar-refractivity contribution in [3.8, 4) is 11.5 Å². The fraction of sp³-hybridized carbons (Fsp3) is 0.480. The van der Waals surface area contributed by atoms with Gasteiger partial charge in [-0.3, -0.25) is 9.69 Å². The third-order valence-electron chi connectivity index (χ3n) is 5.39. The van der Waals surface area contributed by atoms with Gasteiger partial charge in [0, 0.05) is 38.3 Å². The molecule has 0 aliphatic carbocycles. The molecule has 0 N–H and O–H groups in total. The maximum atomic E-state index is 13.1. The number of morpholine rings is 1. The second-order valence-corrected chi connectivity index (χ2v) is 8.39. The molecule has 0 spiro atoms. The second kappa shape index (κ2) is 11.2. The van der Waals surface area contributed by atoms with Crippen molar-refractivity contribution >= 4 is 5.91 Å². The number of carbonyl (C=O) groups excluding carboxylic acids is 1. The van der Waals surface area contributed by atoms with E-state index in [2.05, 4.69) is 24.8 Å². The molecule has 1 aliphatic heterocycles. The topological polar surface area (TPSA) is 51.2 Å². The van der Waals surface area contributed by atoms with Crippen LogP contribution in [0.4, 0.5) is 0 Å². The number of hydrogen-bond donors (Lipinski definition) is 0. The van der Waals surface area contributed by atoms with Crippen LogP contribution < -0.4 is 9.47 Å². The largest absolute Gasteiger partial charge is 0.493 e. The number of hydrogen-bond acceptors (Lipinski definition) is 5. The molecular formula is C25H34N2O4. The Morgan fingerprint density at radius 1 is 1.13 bits per heavy atom. The van der Waals surface area contributed by atoms with Gasteiger partial charge in [0.15, 0.2) is 11.5 Å². The van der Waals surface area contributed by atoms with E-state index in [0.29, 0.717) is 25.6 Å². The van der Waals surface area contributed by atoms with Gasteiger partial charge in [0.25, 0.3) is 5.91 Å². The van der Waals surface area contributed by atoms with Crippen molar-refractivity contribution in [2.75, 3.05) is 47.0 Å². The van der Waals surface area contributed by atoms with Gasteiger partial charge in [-0.15, -0.1) is 0 Å². The normalized spacial score (nSPS) is 16.9. The Kier molecular flexibility index (Phi) is 8.32. The van der Waals surface area contributed by atoms with Gasteiger partial charge in [0.1, 0.15) is 0 Å². The Balaban J connectivity index is 1.65. The van der Waals surface area contributed by atoms with E-state index in [0.717, 1.165) is 42.3 Å². The van der Waals surface area contributed by atoms with Crippen molar-refractivity contribution in [2.45, 2.75) is 26.5 Å². The van der Waals surface area contributed by atoms with Gasteiger partial charge in [0.2, 0.25) is 0 Å². The average molecular weight is 427 g/mol. The number of methoxy groups -OCH3 is 2. The fourth-order valence-electron chi connectivity index (χ4n) is 3.96. The summed E-state index contributed by atoms with van der Waals surface area (Å²) in [7, 11) is 3.29. The molecule has 2 aromatic rings. The van der Waals surface area contributed by atoms with Crippen LogP contribution in [0.2, 0.25) is 0 Å². The van der Waals surface area contributed by atoms with Crippen LogP contribution in [0, 0.1) is 5.92 Å². The standard InChI is InChI=1S/C25H34N2O4/c1-19(2)15-27(25(28)21-8-6-5-7-9-21)18-22-17-26(12-13-31-22)16-20-10-11-23(29-3)24(14-20)30-4/h5-11,14,19,22H,12-13,15-18H2,1-4H3. The first-order valence-corrected chi connectivity index (χ1v) is 10.9. The summed E-state index contributed by atoms with van der Waals surface area (Å²) in [5.41, 5.74) is 1.89. The quantitative estimate of drug-likeness (QED) is 0.612. The molecule has 1 saturated heterocycles. The number of benzene rings is 2. The Labute approximate surface area is 185 Å². The van der Waals surface area contributed by atoms with Gasteiger partial charge >= 0.3 is 0 Å². The van der Waals surface area contributed by atoms with Crippen LogP contribution in [-0.4, -0.2) is 68.8 Å². The van der Waals surface area contributed by atoms with Gasteiger partial charge in [-0.25, -0.2) is 0 Å². The first-order valence-electron chi connectivity index (χ1n) is 10.9. The van der Waals surface area contributed by atoms with Crippen molar-refractivity contribution in [1.29, 1.82) is 0 Å². The lowest BCUT2D eigenvalue weighted by atomic mass is 10.1. The molecule has 1 amide bonds. The first kappa shape index (κ1) is 23.1. The fourth-order valence-corrected chi connectivity index (χ4v) is 3.96. The van der Waals surface area contributed by atoms with E-state index in [1.807, 2.05) is 47.4 Å². The van der Waals surface area contributed by atoms with Crippen LogP contribution in [0.1, 0.15) is 29.8 Å². The highest BCUT2D eigenvalue weighted by molar-refractivity contribution is 5.94. The van der Waals surface area contributed by atoms with E-state index in [1.165, 1.54) is 0 Å². The summed E-state index contributed by atoms with van der Waals surface area (Å²) >= 11 is 0. The van der Waals surface area contributed by atoms with E-state index in [-0.39, 0.29) is 12.0 Å². The smallest absolute Gasteiger partial charge is 0.253 e. The Hall–Kier alpha value is -2.57. The predicted molar refractivity (Wildman–Crippen MR) is 122 cm³/mol. The number of rotatable bonds is 9. The summed E-state index contributed by atoms with van der Waals surface area (Å²) in [4.78, 5) is 17.4. The molecule has 1 heterocycles. The maximum Gasteiger partial charge on any atom is 0.253 e. The lowest BCUT2D eigenvalue weighted by Gasteiger charge is -2.36. The molecule has 0 bridgehead atoms. The minimum absolute atomic E-state index is 0.0136. The summed E-state index contributed by atoms with van der Waals surface area (Å²) in [6, 6.07) is 15.5. The molecule has 0 saturated carbocycles. The molecule has 31 heavy (non-hydrogen) atoms. The van der Waals surface area contributed by atoms with E-state index >= 15 is 0 Å². The zero-order chi connectivity index (χ0) is 22.2. The molecule has 0 radical (unpaired) electrons. The molecule has 168 valence electrons.